The Morgan fingerprint density at radius 3 is 3.08 bits per heavy atom. The van der Waals surface area contributed by atoms with E-state index < -0.39 is 0 Å². The summed E-state index contributed by atoms with van der Waals surface area (Å²) in [6.45, 7) is 0. The average Bonchev–Trinajstić information content (AvgIpc) is 2.06. The number of halogens is 1. The van der Waals surface area contributed by atoms with Crippen LogP contribution in [0.1, 0.15) is 6.42 Å². The SMILES string of the molecule is N#C[C@H]1C[C@@H]2OC(=O)[C@H]1C=C2I. The molecule has 0 N–H and O–H groups in total. The summed E-state index contributed by atoms with van der Waals surface area (Å²) in [7, 11) is 0. The normalized spacial score (nSPS) is 38.5. The Balaban J connectivity index is 2.36. The standard InChI is InChI=1S/C8H6INO2/c9-6-2-5-4(3-10)1-7(6)12-8(5)11/h2,4-5,7H,1H2/t4-,5+,7+/m1/s1. The van der Waals surface area contributed by atoms with Gasteiger partial charge in [0, 0.05) is 10.0 Å². The molecule has 0 radical (unpaired) electrons. The first-order chi connectivity index (χ1) is 5.72. The van der Waals surface area contributed by atoms with Crippen molar-refractivity contribution in [2.24, 2.45) is 11.8 Å². The number of nitriles is 1. The fraction of sp³-hybridized carbons (Fsp3) is 0.500. The van der Waals surface area contributed by atoms with Gasteiger partial charge in [0.05, 0.1) is 17.9 Å². The molecule has 3 aliphatic rings. The van der Waals surface area contributed by atoms with Gasteiger partial charge in [0.15, 0.2) is 0 Å². The van der Waals surface area contributed by atoms with E-state index in [0.29, 0.717) is 6.42 Å². The second-order valence-electron chi connectivity index (χ2n) is 2.97. The van der Waals surface area contributed by atoms with E-state index in [1.807, 2.05) is 6.08 Å². The molecular weight excluding hydrogens is 269 g/mol. The first-order valence-electron chi connectivity index (χ1n) is 3.69. The van der Waals surface area contributed by atoms with Crippen molar-refractivity contribution in [3.05, 3.63) is 9.66 Å². The lowest BCUT2D eigenvalue weighted by Gasteiger charge is -2.35. The number of hydrogen-bond acceptors (Lipinski definition) is 3. The van der Waals surface area contributed by atoms with Gasteiger partial charge in [-0.1, -0.05) is 6.08 Å². The van der Waals surface area contributed by atoms with Gasteiger partial charge in [0.2, 0.25) is 0 Å². The predicted molar refractivity (Wildman–Crippen MR) is 49.2 cm³/mol. The van der Waals surface area contributed by atoms with E-state index in [2.05, 4.69) is 28.7 Å². The smallest absolute Gasteiger partial charge is 0.314 e. The molecule has 3 nitrogen and oxygen atoms in total. The minimum absolute atomic E-state index is 0.146. The Hall–Kier alpha value is -0.570. The molecule has 0 aromatic carbocycles. The highest BCUT2D eigenvalue weighted by Crippen LogP contribution is 2.39. The van der Waals surface area contributed by atoms with Gasteiger partial charge in [-0.25, -0.2) is 0 Å². The van der Waals surface area contributed by atoms with Crippen LogP contribution >= 0.6 is 22.6 Å². The number of carbonyl (C=O) groups is 1. The molecule has 4 heteroatoms. The van der Waals surface area contributed by atoms with Gasteiger partial charge in [-0.15, -0.1) is 0 Å². The molecule has 62 valence electrons. The molecule has 0 saturated carbocycles. The van der Waals surface area contributed by atoms with Crippen molar-refractivity contribution < 1.29 is 9.53 Å². The molecule has 1 aliphatic carbocycles. The molecular formula is C8H6INO2. The molecule has 2 heterocycles. The van der Waals surface area contributed by atoms with Crippen LogP contribution in [0.2, 0.25) is 0 Å². The van der Waals surface area contributed by atoms with Crippen LogP contribution in [0.15, 0.2) is 9.66 Å². The van der Waals surface area contributed by atoms with Crippen LogP contribution < -0.4 is 0 Å². The third-order valence-corrected chi connectivity index (χ3v) is 3.30. The summed E-state index contributed by atoms with van der Waals surface area (Å²) in [6.07, 6.45) is 2.38. The molecule has 0 spiro atoms. The molecule has 3 atom stereocenters. The maximum Gasteiger partial charge on any atom is 0.314 e. The molecule has 12 heavy (non-hydrogen) atoms. The highest BCUT2D eigenvalue weighted by atomic mass is 127. The second-order valence-corrected chi connectivity index (χ2v) is 4.22. The third kappa shape index (κ3) is 1.04. The minimum Gasteiger partial charge on any atom is -0.456 e. The van der Waals surface area contributed by atoms with E-state index in [0.717, 1.165) is 3.58 Å². The highest BCUT2D eigenvalue weighted by molar-refractivity contribution is 14.1. The van der Waals surface area contributed by atoms with E-state index in [1.54, 1.807) is 0 Å². The van der Waals surface area contributed by atoms with Crippen molar-refractivity contribution in [3.63, 3.8) is 0 Å². The quantitative estimate of drug-likeness (QED) is 0.496. The van der Waals surface area contributed by atoms with Crippen molar-refractivity contribution in [2.45, 2.75) is 12.5 Å². The number of hydrogen-bond donors (Lipinski definition) is 0. The topological polar surface area (TPSA) is 50.1 Å². The molecule has 1 fully saturated rings. The predicted octanol–water partition coefficient (Wildman–Crippen LogP) is 1.39. The maximum atomic E-state index is 11.1. The maximum absolute atomic E-state index is 11.1. The van der Waals surface area contributed by atoms with Crippen LogP contribution in [0, 0.1) is 23.2 Å². The number of carbonyl (C=O) groups excluding carboxylic acids is 1. The number of esters is 1. The van der Waals surface area contributed by atoms with E-state index in [-0.39, 0.29) is 23.9 Å². The van der Waals surface area contributed by atoms with Crippen molar-refractivity contribution in [2.75, 3.05) is 0 Å². The number of ether oxygens (including phenoxy) is 1. The van der Waals surface area contributed by atoms with Crippen molar-refractivity contribution >= 4 is 28.6 Å². The first-order valence-corrected chi connectivity index (χ1v) is 4.77. The van der Waals surface area contributed by atoms with Crippen LogP contribution in [-0.2, 0) is 9.53 Å². The summed E-state index contributed by atoms with van der Waals surface area (Å²) in [6, 6.07) is 2.14. The Morgan fingerprint density at radius 1 is 1.75 bits per heavy atom. The number of nitrogens with zero attached hydrogens (tertiary/aromatic N) is 1. The molecule has 0 amide bonds. The highest BCUT2D eigenvalue weighted by Gasteiger charge is 2.42. The van der Waals surface area contributed by atoms with Crippen LogP contribution in [0.4, 0.5) is 0 Å². The van der Waals surface area contributed by atoms with Crippen LogP contribution in [0.25, 0.3) is 0 Å². The summed E-state index contributed by atoms with van der Waals surface area (Å²) >= 11 is 2.16. The lowest BCUT2D eigenvalue weighted by molar-refractivity contribution is -0.159. The largest absolute Gasteiger partial charge is 0.456 e. The Bertz CT molecular complexity index is 305. The fourth-order valence-corrected chi connectivity index (χ4v) is 2.34. The van der Waals surface area contributed by atoms with Crippen LogP contribution in [0.5, 0.6) is 0 Å². The van der Waals surface area contributed by atoms with Gasteiger partial charge in [-0.3, -0.25) is 4.79 Å². The zero-order valence-electron chi connectivity index (χ0n) is 6.16. The van der Waals surface area contributed by atoms with Crippen molar-refractivity contribution in [1.29, 1.82) is 5.26 Å². The molecule has 3 rings (SSSR count). The van der Waals surface area contributed by atoms with E-state index in [9.17, 15) is 4.79 Å². The molecule has 0 aromatic heterocycles. The summed E-state index contributed by atoms with van der Waals surface area (Å²) in [5.74, 6) is -0.722. The van der Waals surface area contributed by atoms with Crippen molar-refractivity contribution in [3.8, 4) is 6.07 Å². The monoisotopic (exact) mass is 275 g/mol. The Kier molecular flexibility index (Phi) is 1.83. The lowest BCUT2D eigenvalue weighted by Crippen LogP contribution is -2.41. The summed E-state index contributed by atoms with van der Waals surface area (Å²) in [5.41, 5.74) is 0. The van der Waals surface area contributed by atoms with Gasteiger partial charge in [-0.05, 0) is 22.6 Å². The lowest BCUT2D eigenvalue weighted by atomic mass is 9.81. The third-order valence-electron chi connectivity index (χ3n) is 2.24. The molecule has 2 aliphatic heterocycles. The van der Waals surface area contributed by atoms with Gasteiger partial charge in [-0.2, -0.15) is 5.26 Å². The van der Waals surface area contributed by atoms with Gasteiger partial charge in [0.25, 0.3) is 0 Å². The first kappa shape index (κ1) is 8.05. The molecule has 0 unspecified atom stereocenters. The van der Waals surface area contributed by atoms with Gasteiger partial charge < -0.3 is 4.74 Å². The second kappa shape index (κ2) is 2.73. The zero-order valence-corrected chi connectivity index (χ0v) is 8.32. The zero-order chi connectivity index (χ0) is 8.72. The fourth-order valence-electron chi connectivity index (χ4n) is 1.57. The van der Waals surface area contributed by atoms with Gasteiger partial charge >= 0.3 is 5.97 Å². The summed E-state index contributed by atoms with van der Waals surface area (Å²) < 4.78 is 6.12. The molecule has 1 saturated heterocycles. The average molecular weight is 275 g/mol. The van der Waals surface area contributed by atoms with E-state index >= 15 is 0 Å². The Morgan fingerprint density at radius 2 is 2.50 bits per heavy atom. The Labute approximate surface area is 83.5 Å². The minimum atomic E-state index is -0.313. The number of rotatable bonds is 0. The van der Waals surface area contributed by atoms with E-state index in [1.165, 1.54) is 0 Å². The summed E-state index contributed by atoms with van der Waals surface area (Å²) in [5, 5.41) is 8.73. The van der Waals surface area contributed by atoms with Crippen LogP contribution in [-0.4, -0.2) is 12.1 Å². The molecule has 2 bridgehead atoms. The van der Waals surface area contributed by atoms with Crippen LogP contribution in [0.3, 0.4) is 0 Å². The summed E-state index contributed by atoms with van der Waals surface area (Å²) in [4.78, 5) is 11.1. The number of fused-ring (bicyclic) bond motifs is 2. The van der Waals surface area contributed by atoms with E-state index in [4.69, 9.17) is 10.00 Å². The van der Waals surface area contributed by atoms with Gasteiger partial charge in [0.1, 0.15) is 6.10 Å². The van der Waals surface area contributed by atoms with Crippen molar-refractivity contribution in [1.82, 2.24) is 0 Å². The molecule has 0 aromatic rings.